The molecule has 0 atom stereocenters. The Labute approximate surface area is 125 Å². The Bertz CT molecular complexity index is 521. The lowest BCUT2D eigenvalue weighted by Gasteiger charge is -2.07. The summed E-state index contributed by atoms with van der Waals surface area (Å²) >= 11 is 5.77. The Hall–Kier alpha value is -1.87. The zero-order chi connectivity index (χ0) is 14.4. The lowest BCUT2D eigenvalue weighted by molar-refractivity contribution is -0.121. The molecule has 1 amide bonds. The monoisotopic (exact) mass is 285 g/mol. The second kappa shape index (κ2) is 7.06. The van der Waals surface area contributed by atoms with E-state index in [4.69, 9.17) is 16.3 Å². The van der Waals surface area contributed by atoms with E-state index in [2.05, 4.69) is 5.23 Å². The van der Waals surface area contributed by atoms with Crippen molar-refractivity contribution >= 4 is 43.7 Å². The first-order chi connectivity index (χ1) is 9.63. The van der Waals surface area contributed by atoms with Crippen molar-refractivity contribution in [3.8, 4) is 5.75 Å². The Morgan fingerprint density at radius 3 is 2.45 bits per heavy atom. The second-order valence-corrected chi connectivity index (χ2v) is 4.94. The van der Waals surface area contributed by atoms with Gasteiger partial charge in [-0.25, -0.2) is 0 Å². The fourth-order valence-electron chi connectivity index (χ4n) is 1.64. The van der Waals surface area contributed by atoms with Gasteiger partial charge in [-0.2, -0.15) is 0 Å². The summed E-state index contributed by atoms with van der Waals surface area (Å²) in [6.45, 7) is -0.00645. The Morgan fingerprint density at radius 2 is 1.80 bits per heavy atom. The molecule has 0 bridgehead atoms. The van der Waals surface area contributed by atoms with Gasteiger partial charge in [0.25, 0.3) is 7.41 Å². The van der Waals surface area contributed by atoms with E-state index >= 15 is 0 Å². The number of ether oxygens (including phenoxy) is 1. The lowest BCUT2D eigenvalue weighted by atomic mass is 9.81. The molecule has 0 saturated heterocycles. The van der Waals surface area contributed by atoms with Gasteiger partial charge in [0.1, 0.15) is 13.6 Å². The van der Waals surface area contributed by atoms with E-state index in [0.717, 1.165) is 5.46 Å². The van der Waals surface area contributed by atoms with Crippen molar-refractivity contribution in [2.24, 2.45) is 0 Å². The normalized spacial score (nSPS) is 9.85. The van der Waals surface area contributed by atoms with Crippen molar-refractivity contribution in [2.45, 2.75) is 0 Å². The molecule has 0 aliphatic heterocycles. The van der Waals surface area contributed by atoms with Gasteiger partial charge in [0.15, 0.2) is 6.61 Å². The highest BCUT2D eigenvalue weighted by Crippen LogP contribution is 2.15. The molecule has 0 aromatic heterocycles. The highest BCUT2D eigenvalue weighted by Gasteiger charge is 2.04. The van der Waals surface area contributed by atoms with Crippen molar-refractivity contribution in [3.63, 3.8) is 0 Å². The maximum absolute atomic E-state index is 11.7. The fraction of sp³-hybridized carbons (Fsp3) is 0.0714. The minimum Gasteiger partial charge on any atom is -0.484 e. The highest BCUT2D eigenvalue weighted by molar-refractivity contribution is 6.54. The van der Waals surface area contributed by atoms with Crippen LogP contribution in [0.2, 0.25) is 5.02 Å². The van der Waals surface area contributed by atoms with E-state index in [1.807, 2.05) is 32.1 Å². The van der Waals surface area contributed by atoms with Crippen molar-refractivity contribution < 1.29 is 9.53 Å². The third kappa shape index (κ3) is 4.67. The summed E-state index contributed by atoms with van der Waals surface area (Å²) in [5.74, 6) is 0.473. The molecule has 1 N–H and O–H groups in total. The molecular formula is C14H14B2ClNO2. The quantitative estimate of drug-likeness (QED) is 0.771. The summed E-state index contributed by atoms with van der Waals surface area (Å²) in [7, 11) is 2.53. The average Bonchev–Trinajstić information content (AvgIpc) is 2.46. The first-order valence-corrected chi connectivity index (χ1v) is 6.72. The number of halogens is 1. The number of carbonyl (C=O) groups excluding carboxylic acids is 1. The molecule has 0 radical (unpaired) electrons. The molecule has 0 fully saturated rings. The summed E-state index contributed by atoms with van der Waals surface area (Å²) < 4.78 is 5.36. The lowest BCUT2D eigenvalue weighted by Crippen LogP contribution is -2.38. The van der Waals surface area contributed by atoms with Crippen LogP contribution in [0.4, 0.5) is 0 Å². The smallest absolute Gasteiger partial charge is 0.270 e. The van der Waals surface area contributed by atoms with Crippen LogP contribution in [0.1, 0.15) is 0 Å². The number of hydrogen-bond acceptors (Lipinski definition) is 2. The third-order valence-electron chi connectivity index (χ3n) is 2.79. The molecule has 0 aliphatic rings. The average molecular weight is 285 g/mol. The van der Waals surface area contributed by atoms with Crippen molar-refractivity contribution in [1.29, 1.82) is 0 Å². The Morgan fingerprint density at radius 1 is 1.15 bits per heavy atom. The van der Waals surface area contributed by atoms with E-state index in [9.17, 15) is 4.79 Å². The van der Waals surface area contributed by atoms with Gasteiger partial charge in [-0.05, 0) is 24.3 Å². The van der Waals surface area contributed by atoms with E-state index in [1.54, 1.807) is 24.3 Å². The van der Waals surface area contributed by atoms with Crippen LogP contribution in [-0.2, 0) is 4.79 Å². The molecule has 0 unspecified atom stereocenters. The first kappa shape index (κ1) is 14.5. The number of rotatable bonds is 5. The SMILES string of the molecule is Bc1ccc(BNC(=O)COc2ccc(Cl)cc2)cc1. The van der Waals surface area contributed by atoms with Gasteiger partial charge in [0.05, 0.1) is 0 Å². The van der Waals surface area contributed by atoms with E-state index in [-0.39, 0.29) is 12.5 Å². The molecule has 3 nitrogen and oxygen atoms in total. The Balaban J connectivity index is 1.75. The fourth-order valence-corrected chi connectivity index (χ4v) is 1.76. The molecule has 2 rings (SSSR count). The minimum atomic E-state index is -0.152. The zero-order valence-corrected chi connectivity index (χ0v) is 12.0. The predicted octanol–water partition coefficient (Wildman–Crippen LogP) is -0.230. The number of amides is 1. The zero-order valence-electron chi connectivity index (χ0n) is 11.2. The molecule has 0 heterocycles. The summed E-state index contributed by atoms with van der Waals surface area (Å²) in [5.41, 5.74) is 2.27. The van der Waals surface area contributed by atoms with E-state index in [0.29, 0.717) is 18.2 Å². The number of hydrogen-bond donors (Lipinski definition) is 1. The molecule has 0 saturated carbocycles. The number of nitrogens with one attached hydrogen (secondary N) is 1. The highest BCUT2D eigenvalue weighted by atomic mass is 35.5. The van der Waals surface area contributed by atoms with Gasteiger partial charge in [-0.15, -0.1) is 0 Å². The molecule has 100 valence electrons. The van der Waals surface area contributed by atoms with Crippen LogP contribution in [0.25, 0.3) is 0 Å². The summed E-state index contributed by atoms with van der Waals surface area (Å²) in [5, 5.41) is 3.45. The van der Waals surface area contributed by atoms with Gasteiger partial charge in [0, 0.05) is 5.02 Å². The van der Waals surface area contributed by atoms with Gasteiger partial charge in [-0.3, -0.25) is 4.79 Å². The molecule has 0 aliphatic carbocycles. The molecular weight excluding hydrogens is 271 g/mol. The van der Waals surface area contributed by atoms with Crippen LogP contribution in [-0.4, -0.2) is 27.8 Å². The van der Waals surface area contributed by atoms with Crippen molar-refractivity contribution in [1.82, 2.24) is 5.23 Å². The first-order valence-electron chi connectivity index (χ1n) is 6.34. The van der Waals surface area contributed by atoms with Crippen LogP contribution in [0.3, 0.4) is 0 Å². The van der Waals surface area contributed by atoms with Gasteiger partial charge < -0.3 is 9.96 Å². The second-order valence-electron chi connectivity index (χ2n) is 4.50. The molecule has 2 aromatic carbocycles. The maximum Gasteiger partial charge on any atom is 0.270 e. The summed E-state index contributed by atoms with van der Waals surface area (Å²) in [6.07, 6.45) is 0. The summed E-state index contributed by atoms with van der Waals surface area (Å²) in [4.78, 5) is 11.7. The van der Waals surface area contributed by atoms with E-state index < -0.39 is 0 Å². The predicted molar refractivity (Wildman–Crippen MR) is 86.5 cm³/mol. The maximum atomic E-state index is 11.7. The van der Waals surface area contributed by atoms with Gasteiger partial charge >= 0.3 is 0 Å². The molecule has 2 aromatic rings. The van der Waals surface area contributed by atoms with Crippen molar-refractivity contribution in [2.75, 3.05) is 6.61 Å². The topological polar surface area (TPSA) is 38.3 Å². The Kier molecular flexibility index (Phi) is 5.13. The minimum absolute atomic E-state index is 0.00645. The molecule has 0 spiro atoms. The summed E-state index contributed by atoms with van der Waals surface area (Å²) in [6, 6.07) is 14.9. The standard InChI is InChI=1S/C14H14B2ClNO2/c15-10-1-3-11(4-2-10)16-18-14(19)9-20-13-7-5-12(17)6-8-13/h1-8,16H,9,15H2,(H,18,19). The van der Waals surface area contributed by atoms with E-state index in [1.165, 1.54) is 5.46 Å². The van der Waals surface area contributed by atoms with Crippen molar-refractivity contribution in [3.05, 3.63) is 53.6 Å². The van der Waals surface area contributed by atoms with Gasteiger partial charge in [-0.1, -0.05) is 46.8 Å². The number of carbonyl (C=O) groups is 1. The van der Waals surface area contributed by atoms with Crippen LogP contribution >= 0.6 is 11.6 Å². The number of benzene rings is 2. The molecule has 6 heteroatoms. The van der Waals surface area contributed by atoms with Crippen LogP contribution in [0, 0.1) is 0 Å². The van der Waals surface area contributed by atoms with Crippen LogP contribution in [0.15, 0.2) is 48.5 Å². The van der Waals surface area contributed by atoms with Gasteiger partial charge in [0.2, 0.25) is 5.91 Å². The van der Waals surface area contributed by atoms with Crippen LogP contribution in [0.5, 0.6) is 5.75 Å². The van der Waals surface area contributed by atoms with Crippen LogP contribution < -0.4 is 20.9 Å². The largest absolute Gasteiger partial charge is 0.484 e. The third-order valence-corrected chi connectivity index (χ3v) is 3.05. The molecule has 20 heavy (non-hydrogen) atoms.